The van der Waals surface area contributed by atoms with E-state index < -0.39 is 33.4 Å². The van der Waals surface area contributed by atoms with Gasteiger partial charge in [-0.2, -0.15) is 0 Å². The largest absolute Gasteiger partial charge is 0.497 e. The van der Waals surface area contributed by atoms with Crippen LogP contribution in [0.1, 0.15) is 15.9 Å². The molecule has 0 aliphatic rings. The number of carbonyl (C=O) groups excluding carboxylic acids is 2. The van der Waals surface area contributed by atoms with Crippen LogP contribution in [0.2, 0.25) is 0 Å². The van der Waals surface area contributed by atoms with Crippen molar-refractivity contribution in [2.45, 2.75) is 11.8 Å². The number of amides is 1. The van der Waals surface area contributed by atoms with E-state index in [0.29, 0.717) is 11.3 Å². The molecule has 3 rings (SSSR count). The zero-order chi connectivity index (χ0) is 25.6. The number of aryl methyl sites for hydroxylation is 1. The molecule has 0 saturated carbocycles. The fourth-order valence-electron chi connectivity index (χ4n) is 3.06. The molecule has 1 amide bonds. The van der Waals surface area contributed by atoms with Crippen molar-refractivity contribution in [2.24, 2.45) is 0 Å². The van der Waals surface area contributed by atoms with Crippen LogP contribution in [-0.2, 0) is 19.6 Å². The van der Waals surface area contributed by atoms with Gasteiger partial charge in [0, 0.05) is 6.07 Å². The summed E-state index contributed by atoms with van der Waals surface area (Å²) in [5.74, 6) is -1.29. The molecule has 0 aliphatic carbocycles. The number of nitrogens with one attached hydrogen (secondary N) is 2. The van der Waals surface area contributed by atoms with Gasteiger partial charge in [0.15, 0.2) is 6.61 Å². The average molecular weight is 500 g/mol. The van der Waals surface area contributed by atoms with Crippen molar-refractivity contribution in [3.63, 3.8) is 0 Å². The van der Waals surface area contributed by atoms with Gasteiger partial charge in [-0.15, -0.1) is 0 Å². The zero-order valence-corrected chi connectivity index (χ0v) is 19.5. The third kappa shape index (κ3) is 6.12. The Kier molecular flexibility index (Phi) is 7.66. The Morgan fingerprint density at radius 3 is 2.34 bits per heavy atom. The third-order valence-electron chi connectivity index (χ3n) is 4.81. The molecule has 0 unspecified atom stereocenters. The molecule has 0 aliphatic heterocycles. The first-order valence-corrected chi connectivity index (χ1v) is 11.6. The molecular formula is C23H21N3O8S. The lowest BCUT2D eigenvalue weighted by molar-refractivity contribution is -0.384. The summed E-state index contributed by atoms with van der Waals surface area (Å²) in [4.78, 5) is 35.4. The van der Waals surface area contributed by atoms with Gasteiger partial charge in [0.05, 0.1) is 28.2 Å². The summed E-state index contributed by atoms with van der Waals surface area (Å²) in [6.45, 7) is 0.837. The van der Waals surface area contributed by atoms with Crippen LogP contribution in [0.25, 0.3) is 0 Å². The number of hydrogen-bond acceptors (Lipinski definition) is 8. The molecule has 0 spiro atoms. The number of methoxy groups -OCH3 is 1. The molecule has 0 heterocycles. The summed E-state index contributed by atoms with van der Waals surface area (Å²) in [7, 11) is -2.59. The number of benzene rings is 3. The van der Waals surface area contributed by atoms with E-state index in [4.69, 9.17) is 9.47 Å². The van der Waals surface area contributed by atoms with Crippen molar-refractivity contribution in [3.05, 3.63) is 88.0 Å². The number of hydrogen-bond donors (Lipinski definition) is 2. The summed E-state index contributed by atoms with van der Waals surface area (Å²) >= 11 is 0. The Balaban J connectivity index is 1.71. The number of para-hydroxylation sites is 2. The van der Waals surface area contributed by atoms with Gasteiger partial charge in [0.2, 0.25) is 0 Å². The standard InChI is InChI=1S/C23H21N3O8S/c1-15-6-5-9-20(26(29)30)22(15)24-21(27)14-34-23(28)18-7-3-4-8-19(18)25-35(31,32)17-12-10-16(33-2)11-13-17/h3-13,25H,14H2,1-2H3,(H,24,27). The van der Waals surface area contributed by atoms with Crippen molar-refractivity contribution in [3.8, 4) is 5.75 Å². The lowest BCUT2D eigenvalue weighted by atomic mass is 10.1. The van der Waals surface area contributed by atoms with Crippen LogP contribution in [0.15, 0.2) is 71.6 Å². The molecular weight excluding hydrogens is 478 g/mol. The smallest absolute Gasteiger partial charge is 0.340 e. The number of esters is 1. The van der Waals surface area contributed by atoms with Gasteiger partial charge in [-0.1, -0.05) is 24.3 Å². The van der Waals surface area contributed by atoms with Crippen molar-refractivity contribution in [1.82, 2.24) is 0 Å². The summed E-state index contributed by atoms with van der Waals surface area (Å²) in [5.41, 5.74) is -0.0335. The number of nitrogens with zero attached hydrogens (tertiary/aromatic N) is 1. The summed E-state index contributed by atoms with van der Waals surface area (Å²) in [6, 6.07) is 15.7. The molecule has 182 valence electrons. The minimum atomic E-state index is -4.04. The van der Waals surface area contributed by atoms with E-state index >= 15 is 0 Å². The maximum Gasteiger partial charge on any atom is 0.340 e. The Labute approximate surface area is 200 Å². The van der Waals surface area contributed by atoms with Gasteiger partial charge < -0.3 is 14.8 Å². The van der Waals surface area contributed by atoms with Crippen LogP contribution in [0, 0.1) is 17.0 Å². The first-order valence-electron chi connectivity index (χ1n) is 10.1. The summed E-state index contributed by atoms with van der Waals surface area (Å²) in [5, 5.41) is 13.6. The molecule has 0 fully saturated rings. The highest BCUT2D eigenvalue weighted by Gasteiger charge is 2.22. The Bertz CT molecular complexity index is 1370. The van der Waals surface area contributed by atoms with Gasteiger partial charge in [-0.05, 0) is 48.9 Å². The normalized spacial score (nSPS) is 10.8. The number of rotatable bonds is 9. The molecule has 2 N–H and O–H groups in total. The maximum absolute atomic E-state index is 12.7. The quantitative estimate of drug-likeness (QED) is 0.258. The number of anilines is 2. The molecule has 12 heteroatoms. The molecule has 0 saturated heterocycles. The number of nitro benzene ring substituents is 1. The highest BCUT2D eigenvalue weighted by molar-refractivity contribution is 7.92. The van der Waals surface area contributed by atoms with Crippen molar-refractivity contribution in [2.75, 3.05) is 23.8 Å². The highest BCUT2D eigenvalue weighted by Crippen LogP contribution is 2.27. The Morgan fingerprint density at radius 1 is 1.00 bits per heavy atom. The molecule has 0 aromatic heterocycles. The molecule has 11 nitrogen and oxygen atoms in total. The lowest BCUT2D eigenvalue weighted by Gasteiger charge is -2.13. The van der Waals surface area contributed by atoms with Crippen LogP contribution in [0.4, 0.5) is 17.1 Å². The Morgan fingerprint density at radius 2 is 1.69 bits per heavy atom. The van der Waals surface area contributed by atoms with E-state index in [-0.39, 0.29) is 27.5 Å². The highest BCUT2D eigenvalue weighted by atomic mass is 32.2. The third-order valence-corrected chi connectivity index (χ3v) is 6.19. The van der Waals surface area contributed by atoms with E-state index in [0.717, 1.165) is 0 Å². The minimum absolute atomic E-state index is 0.00815. The fourth-order valence-corrected chi connectivity index (χ4v) is 4.14. The minimum Gasteiger partial charge on any atom is -0.497 e. The van der Waals surface area contributed by atoms with Crippen LogP contribution in [0.5, 0.6) is 5.75 Å². The Hall–Kier alpha value is -4.45. The lowest BCUT2D eigenvalue weighted by Crippen LogP contribution is -2.23. The van der Waals surface area contributed by atoms with Crippen molar-refractivity contribution in [1.29, 1.82) is 0 Å². The maximum atomic E-state index is 12.7. The monoisotopic (exact) mass is 499 g/mol. The predicted octanol–water partition coefficient (Wildman–Crippen LogP) is 3.51. The van der Waals surface area contributed by atoms with E-state index in [2.05, 4.69) is 10.0 Å². The van der Waals surface area contributed by atoms with E-state index in [1.165, 1.54) is 67.8 Å². The molecule has 0 radical (unpaired) electrons. The SMILES string of the molecule is COc1ccc(S(=O)(=O)Nc2ccccc2C(=O)OCC(=O)Nc2c(C)cccc2[N+](=O)[O-])cc1. The van der Waals surface area contributed by atoms with Crippen LogP contribution in [0.3, 0.4) is 0 Å². The van der Waals surface area contributed by atoms with Crippen molar-refractivity contribution < 1.29 is 32.4 Å². The number of ether oxygens (including phenoxy) is 2. The second-order valence-electron chi connectivity index (χ2n) is 7.18. The van der Waals surface area contributed by atoms with Gasteiger partial charge in [0.25, 0.3) is 21.6 Å². The predicted molar refractivity (Wildman–Crippen MR) is 127 cm³/mol. The topological polar surface area (TPSA) is 154 Å². The number of nitro groups is 1. The zero-order valence-electron chi connectivity index (χ0n) is 18.7. The van der Waals surface area contributed by atoms with Crippen LogP contribution >= 0.6 is 0 Å². The van der Waals surface area contributed by atoms with Gasteiger partial charge in [-0.3, -0.25) is 19.6 Å². The first kappa shape index (κ1) is 25.2. The van der Waals surface area contributed by atoms with Gasteiger partial charge in [0.1, 0.15) is 11.4 Å². The van der Waals surface area contributed by atoms with Crippen LogP contribution < -0.4 is 14.8 Å². The molecule has 3 aromatic carbocycles. The van der Waals surface area contributed by atoms with E-state index in [1.54, 1.807) is 13.0 Å². The molecule has 3 aromatic rings. The average Bonchev–Trinajstić information content (AvgIpc) is 2.83. The fraction of sp³-hybridized carbons (Fsp3) is 0.130. The second-order valence-corrected chi connectivity index (χ2v) is 8.86. The molecule has 0 bridgehead atoms. The molecule has 0 atom stereocenters. The van der Waals surface area contributed by atoms with Crippen LogP contribution in [-0.4, -0.2) is 38.9 Å². The first-order chi connectivity index (χ1) is 16.6. The second kappa shape index (κ2) is 10.7. The molecule has 35 heavy (non-hydrogen) atoms. The number of sulfonamides is 1. The van der Waals surface area contributed by atoms with E-state index in [1.807, 2.05) is 0 Å². The number of carbonyl (C=O) groups is 2. The van der Waals surface area contributed by atoms with Gasteiger partial charge >= 0.3 is 5.97 Å². The van der Waals surface area contributed by atoms with E-state index in [9.17, 15) is 28.1 Å². The summed E-state index contributed by atoms with van der Waals surface area (Å²) in [6.07, 6.45) is 0. The van der Waals surface area contributed by atoms with Gasteiger partial charge in [-0.25, -0.2) is 13.2 Å². The van der Waals surface area contributed by atoms with Crippen molar-refractivity contribution >= 4 is 39.0 Å². The summed E-state index contributed by atoms with van der Waals surface area (Å²) < 4.78 is 37.9.